The molecule has 164 valence electrons. The lowest BCUT2D eigenvalue weighted by atomic mass is 10.1. The first-order valence-electron chi connectivity index (χ1n) is 9.85. The zero-order valence-corrected chi connectivity index (χ0v) is 18.2. The molecule has 0 aliphatic carbocycles. The molecule has 3 aromatic heterocycles. The zero-order valence-electron chi connectivity index (χ0n) is 18.2. The second-order valence-corrected chi connectivity index (χ2v) is 7.03. The van der Waals surface area contributed by atoms with Crippen molar-refractivity contribution >= 4 is 16.7 Å². The summed E-state index contributed by atoms with van der Waals surface area (Å²) in [6, 6.07) is 9.19. The third-order valence-corrected chi connectivity index (χ3v) is 5.07. The average Bonchev–Trinajstić information content (AvgIpc) is 2.84. The molecule has 0 bridgehead atoms. The Labute approximate surface area is 184 Å². The van der Waals surface area contributed by atoms with Gasteiger partial charge in [0.2, 0.25) is 5.75 Å². The number of aryl methyl sites for hydroxylation is 1. The van der Waals surface area contributed by atoms with Crippen LogP contribution in [-0.2, 0) is 13.6 Å². The molecule has 9 nitrogen and oxygen atoms in total. The summed E-state index contributed by atoms with van der Waals surface area (Å²) in [6.07, 6.45) is 4.93. The fraction of sp³-hybridized carbons (Fsp3) is 0.217. The molecule has 0 atom stereocenters. The van der Waals surface area contributed by atoms with Crippen LogP contribution < -0.4 is 25.1 Å². The maximum atomic E-state index is 12.9. The Morgan fingerprint density at radius 2 is 1.69 bits per heavy atom. The van der Waals surface area contributed by atoms with Crippen molar-refractivity contribution in [3.8, 4) is 28.5 Å². The van der Waals surface area contributed by atoms with E-state index in [1.54, 1.807) is 46.8 Å². The Morgan fingerprint density at radius 1 is 1.00 bits per heavy atom. The minimum atomic E-state index is -0.184. The maximum Gasteiger partial charge on any atom is 0.264 e. The maximum absolute atomic E-state index is 12.9. The second kappa shape index (κ2) is 8.93. The monoisotopic (exact) mass is 433 g/mol. The van der Waals surface area contributed by atoms with E-state index in [2.05, 4.69) is 15.3 Å². The zero-order chi connectivity index (χ0) is 22.7. The molecule has 0 saturated heterocycles. The topological polar surface area (TPSA) is 100 Å². The van der Waals surface area contributed by atoms with Crippen LogP contribution in [0.2, 0.25) is 0 Å². The molecule has 1 N–H and O–H groups in total. The van der Waals surface area contributed by atoms with Crippen LogP contribution in [0.15, 0.2) is 53.8 Å². The molecule has 9 heteroatoms. The number of methoxy groups -OCH3 is 3. The first-order valence-corrected chi connectivity index (χ1v) is 9.85. The van der Waals surface area contributed by atoms with Crippen molar-refractivity contribution in [2.45, 2.75) is 6.54 Å². The summed E-state index contributed by atoms with van der Waals surface area (Å²) in [4.78, 5) is 26.1. The molecular weight excluding hydrogens is 410 g/mol. The van der Waals surface area contributed by atoms with E-state index < -0.39 is 0 Å². The number of ether oxygens (including phenoxy) is 3. The molecule has 4 rings (SSSR count). The molecule has 0 unspecified atom stereocenters. The predicted octanol–water partition coefficient (Wildman–Crippen LogP) is 3.03. The summed E-state index contributed by atoms with van der Waals surface area (Å²) < 4.78 is 17.8. The number of hydrogen-bond donors (Lipinski definition) is 1. The lowest BCUT2D eigenvalue weighted by Gasteiger charge is -2.15. The highest BCUT2D eigenvalue weighted by Crippen LogP contribution is 2.41. The van der Waals surface area contributed by atoms with E-state index in [0.29, 0.717) is 46.2 Å². The summed E-state index contributed by atoms with van der Waals surface area (Å²) in [7, 11) is 6.33. The number of pyridine rings is 2. The minimum Gasteiger partial charge on any atom is -0.493 e. The Morgan fingerprint density at radius 3 is 2.31 bits per heavy atom. The lowest BCUT2D eigenvalue weighted by molar-refractivity contribution is 0.324. The van der Waals surface area contributed by atoms with Gasteiger partial charge in [-0.2, -0.15) is 0 Å². The molecule has 1 aromatic carbocycles. The average molecular weight is 433 g/mol. The molecular formula is C23H23N5O4. The van der Waals surface area contributed by atoms with Gasteiger partial charge in [-0.3, -0.25) is 9.78 Å². The van der Waals surface area contributed by atoms with Gasteiger partial charge < -0.3 is 24.1 Å². The molecule has 4 aromatic rings. The van der Waals surface area contributed by atoms with Crippen LogP contribution in [0.5, 0.6) is 17.2 Å². The van der Waals surface area contributed by atoms with Crippen molar-refractivity contribution < 1.29 is 14.2 Å². The SMILES string of the molecule is COc1cc(-c2cc3ncn(C)c(=O)c3c(NCc3ccncc3)n2)cc(OC)c1OC. The van der Waals surface area contributed by atoms with Crippen LogP contribution in [0.4, 0.5) is 5.82 Å². The largest absolute Gasteiger partial charge is 0.493 e. The second-order valence-electron chi connectivity index (χ2n) is 7.03. The van der Waals surface area contributed by atoms with E-state index in [9.17, 15) is 4.79 Å². The van der Waals surface area contributed by atoms with Crippen LogP contribution in [0.25, 0.3) is 22.2 Å². The first kappa shape index (κ1) is 21.1. The minimum absolute atomic E-state index is 0.184. The van der Waals surface area contributed by atoms with Crippen LogP contribution in [0.3, 0.4) is 0 Å². The van der Waals surface area contributed by atoms with E-state index >= 15 is 0 Å². The number of nitrogens with zero attached hydrogens (tertiary/aromatic N) is 4. The number of rotatable bonds is 7. The molecule has 0 saturated carbocycles. The Balaban J connectivity index is 1.88. The van der Waals surface area contributed by atoms with Crippen LogP contribution in [0, 0.1) is 0 Å². The summed E-state index contributed by atoms with van der Waals surface area (Å²) in [5.41, 5.74) is 2.69. The number of aromatic nitrogens is 4. The Bertz CT molecular complexity index is 1300. The summed E-state index contributed by atoms with van der Waals surface area (Å²) in [6.45, 7) is 0.474. The summed E-state index contributed by atoms with van der Waals surface area (Å²) in [5, 5.41) is 3.70. The van der Waals surface area contributed by atoms with Gasteiger partial charge in [-0.15, -0.1) is 0 Å². The fourth-order valence-corrected chi connectivity index (χ4v) is 3.41. The van der Waals surface area contributed by atoms with Gasteiger partial charge >= 0.3 is 0 Å². The lowest BCUT2D eigenvalue weighted by Crippen LogP contribution is -2.19. The number of fused-ring (bicyclic) bond motifs is 1. The van der Waals surface area contributed by atoms with Gasteiger partial charge in [0.15, 0.2) is 11.5 Å². The summed E-state index contributed by atoms with van der Waals surface area (Å²) >= 11 is 0. The van der Waals surface area contributed by atoms with Crippen molar-refractivity contribution in [3.05, 3.63) is 65.0 Å². The number of anilines is 1. The van der Waals surface area contributed by atoms with E-state index in [-0.39, 0.29) is 5.56 Å². The van der Waals surface area contributed by atoms with Crippen molar-refractivity contribution in [2.75, 3.05) is 26.6 Å². The van der Waals surface area contributed by atoms with Gasteiger partial charge in [-0.25, -0.2) is 9.97 Å². The normalized spacial score (nSPS) is 10.8. The summed E-state index contributed by atoms with van der Waals surface area (Å²) in [5.74, 6) is 1.94. The van der Waals surface area contributed by atoms with Crippen molar-refractivity contribution in [1.29, 1.82) is 0 Å². The van der Waals surface area contributed by atoms with E-state index in [1.807, 2.05) is 24.3 Å². The molecule has 0 aliphatic rings. The van der Waals surface area contributed by atoms with Crippen LogP contribution in [0.1, 0.15) is 5.56 Å². The van der Waals surface area contributed by atoms with E-state index in [0.717, 1.165) is 11.1 Å². The third-order valence-electron chi connectivity index (χ3n) is 5.07. The van der Waals surface area contributed by atoms with Crippen LogP contribution >= 0.6 is 0 Å². The van der Waals surface area contributed by atoms with Crippen molar-refractivity contribution in [2.24, 2.45) is 7.05 Å². The van der Waals surface area contributed by atoms with Gasteiger partial charge in [0.25, 0.3) is 5.56 Å². The van der Waals surface area contributed by atoms with Crippen LogP contribution in [-0.4, -0.2) is 40.8 Å². The quantitative estimate of drug-likeness (QED) is 0.475. The van der Waals surface area contributed by atoms with Gasteiger partial charge in [0.05, 0.1) is 38.9 Å². The molecule has 0 amide bonds. The van der Waals surface area contributed by atoms with E-state index in [1.165, 1.54) is 10.9 Å². The predicted molar refractivity (Wildman–Crippen MR) is 121 cm³/mol. The van der Waals surface area contributed by atoms with Gasteiger partial charge in [0.1, 0.15) is 11.2 Å². The molecule has 32 heavy (non-hydrogen) atoms. The number of nitrogens with one attached hydrogen (secondary N) is 1. The van der Waals surface area contributed by atoms with Crippen molar-refractivity contribution in [3.63, 3.8) is 0 Å². The standard InChI is InChI=1S/C23H23N5O4/c1-28-13-26-17-11-16(15-9-18(30-2)21(32-4)19(10-15)31-3)27-22(20(17)23(28)29)25-12-14-5-7-24-8-6-14/h5-11,13H,12H2,1-4H3,(H,25,27). The third kappa shape index (κ3) is 3.92. The molecule has 3 heterocycles. The Kier molecular flexibility index (Phi) is 5.89. The molecule has 0 spiro atoms. The smallest absolute Gasteiger partial charge is 0.264 e. The molecule has 0 radical (unpaired) electrons. The van der Waals surface area contributed by atoms with Gasteiger partial charge in [0, 0.05) is 31.5 Å². The highest BCUT2D eigenvalue weighted by molar-refractivity contribution is 5.91. The van der Waals surface area contributed by atoms with Crippen molar-refractivity contribution in [1.82, 2.24) is 19.5 Å². The number of hydrogen-bond acceptors (Lipinski definition) is 8. The highest BCUT2D eigenvalue weighted by atomic mass is 16.5. The molecule has 0 fully saturated rings. The molecule has 0 aliphatic heterocycles. The fourth-order valence-electron chi connectivity index (χ4n) is 3.41. The Hall–Kier alpha value is -4.14. The van der Waals surface area contributed by atoms with E-state index in [4.69, 9.17) is 19.2 Å². The first-order chi connectivity index (χ1) is 15.5. The van der Waals surface area contributed by atoms with Gasteiger partial charge in [-0.1, -0.05) is 0 Å². The number of benzene rings is 1. The van der Waals surface area contributed by atoms with Gasteiger partial charge in [-0.05, 0) is 35.9 Å². The highest BCUT2D eigenvalue weighted by Gasteiger charge is 2.18.